The van der Waals surface area contributed by atoms with Gasteiger partial charge in [-0.3, -0.25) is 14.4 Å². The van der Waals surface area contributed by atoms with E-state index in [2.05, 4.69) is 10.6 Å². The van der Waals surface area contributed by atoms with Crippen LogP contribution in [-0.2, 0) is 14.4 Å². The fourth-order valence-corrected chi connectivity index (χ4v) is 7.89. The zero-order valence-corrected chi connectivity index (χ0v) is 30.2. The molecule has 52 heavy (non-hydrogen) atoms. The molecule has 0 radical (unpaired) electrons. The molecule has 13 heteroatoms. The SMILES string of the molecule is COc1c2c3c4c(c(NC(C(=O)O)C(C)C)c(=O)c5c(O)cc(OC)c(c6c(OC)cc(NC(C(=O)O)C(C)C)c(c1=O)c63)c54)C=C(C)C2C(C)=O. The van der Waals surface area contributed by atoms with Crippen LogP contribution >= 0.6 is 0 Å². The smallest absolute Gasteiger partial charge is 0.326 e. The Balaban J connectivity index is 2.06. The van der Waals surface area contributed by atoms with Gasteiger partial charge in [-0.05, 0) is 31.1 Å². The second-order valence-corrected chi connectivity index (χ2v) is 14.0. The van der Waals surface area contributed by atoms with Crippen LogP contribution in [0.4, 0.5) is 11.4 Å². The molecule has 0 spiro atoms. The lowest BCUT2D eigenvalue weighted by Crippen LogP contribution is -2.36. The molecule has 3 unspecified atom stereocenters. The predicted molar refractivity (Wildman–Crippen MR) is 200 cm³/mol. The number of phenolic OH excluding ortho intramolecular Hbond substituents is 1. The third-order valence-corrected chi connectivity index (χ3v) is 10.1. The number of Topliss-reactive ketones (excluding diaryl/α,β-unsaturated/α-hetero) is 1. The highest BCUT2D eigenvalue weighted by molar-refractivity contribution is 6.40. The van der Waals surface area contributed by atoms with E-state index in [4.69, 9.17) is 14.2 Å². The van der Waals surface area contributed by atoms with Gasteiger partial charge in [0.15, 0.2) is 5.75 Å². The number of carbonyl (C=O) groups excluding carboxylic acids is 1. The molecule has 0 amide bonds. The van der Waals surface area contributed by atoms with Crippen molar-refractivity contribution >= 4 is 78.3 Å². The maximum absolute atomic E-state index is 14.8. The summed E-state index contributed by atoms with van der Waals surface area (Å²) in [5.74, 6) is -4.99. The Morgan fingerprint density at radius 3 is 1.75 bits per heavy atom. The number of allylic oxidation sites excluding steroid dienone is 1. The first kappa shape index (κ1) is 36.0. The highest BCUT2D eigenvalue weighted by Gasteiger charge is 2.38. The average molecular weight is 713 g/mol. The Bertz CT molecular complexity index is 2500. The number of ketones is 1. The second kappa shape index (κ2) is 12.7. The summed E-state index contributed by atoms with van der Waals surface area (Å²) in [7, 11) is 4.08. The monoisotopic (exact) mass is 712 g/mol. The van der Waals surface area contributed by atoms with Crippen LogP contribution in [0.1, 0.15) is 58.6 Å². The zero-order valence-electron chi connectivity index (χ0n) is 30.2. The number of carboxylic acid groups (broad SMARTS) is 2. The quantitative estimate of drug-likeness (QED) is 0.0774. The van der Waals surface area contributed by atoms with Gasteiger partial charge in [-0.15, -0.1) is 0 Å². The second-order valence-electron chi connectivity index (χ2n) is 14.0. The van der Waals surface area contributed by atoms with E-state index in [0.29, 0.717) is 27.1 Å². The lowest BCUT2D eigenvalue weighted by Gasteiger charge is -2.27. The van der Waals surface area contributed by atoms with Crippen molar-refractivity contribution in [1.29, 1.82) is 0 Å². The number of carbonyl (C=O) groups is 3. The van der Waals surface area contributed by atoms with Gasteiger partial charge in [-0.25, -0.2) is 9.59 Å². The van der Waals surface area contributed by atoms with Crippen molar-refractivity contribution in [2.75, 3.05) is 32.0 Å². The summed E-state index contributed by atoms with van der Waals surface area (Å²) >= 11 is 0. The molecule has 0 heterocycles. The van der Waals surface area contributed by atoms with Crippen molar-refractivity contribution in [3.63, 3.8) is 0 Å². The van der Waals surface area contributed by atoms with Crippen molar-refractivity contribution in [3.8, 4) is 23.0 Å². The topological polar surface area (TPSA) is 198 Å². The van der Waals surface area contributed by atoms with Crippen molar-refractivity contribution in [1.82, 2.24) is 0 Å². The molecular formula is C39H40N2O11. The van der Waals surface area contributed by atoms with Gasteiger partial charge < -0.3 is 40.2 Å². The van der Waals surface area contributed by atoms with Gasteiger partial charge in [0.2, 0.25) is 10.9 Å². The summed E-state index contributed by atoms with van der Waals surface area (Å²) in [5, 5.41) is 39.5. The molecule has 0 aliphatic heterocycles. The van der Waals surface area contributed by atoms with Crippen LogP contribution in [0.3, 0.4) is 0 Å². The summed E-state index contributed by atoms with van der Waals surface area (Å²) in [4.78, 5) is 68.2. The van der Waals surface area contributed by atoms with E-state index in [1.807, 2.05) is 0 Å². The van der Waals surface area contributed by atoms with Crippen LogP contribution in [0.5, 0.6) is 23.0 Å². The van der Waals surface area contributed by atoms with E-state index in [9.17, 15) is 39.3 Å². The minimum Gasteiger partial charge on any atom is -0.507 e. The van der Waals surface area contributed by atoms with Crippen LogP contribution in [0.15, 0.2) is 27.3 Å². The number of rotatable bonds is 12. The van der Waals surface area contributed by atoms with Crippen LogP contribution in [0.2, 0.25) is 0 Å². The van der Waals surface area contributed by atoms with Gasteiger partial charge in [-0.2, -0.15) is 0 Å². The maximum Gasteiger partial charge on any atom is 0.326 e. The molecule has 0 saturated heterocycles. The highest BCUT2D eigenvalue weighted by Crippen LogP contribution is 2.56. The molecule has 0 aromatic heterocycles. The number of carboxylic acids is 2. The fourth-order valence-electron chi connectivity index (χ4n) is 7.89. The Morgan fingerprint density at radius 2 is 1.25 bits per heavy atom. The third-order valence-electron chi connectivity index (χ3n) is 10.1. The van der Waals surface area contributed by atoms with Crippen molar-refractivity contribution in [2.24, 2.45) is 11.8 Å². The first-order valence-corrected chi connectivity index (χ1v) is 16.8. The Hall–Kier alpha value is -5.85. The average Bonchev–Trinajstić information content (AvgIpc) is 3.20. The lowest BCUT2D eigenvalue weighted by molar-refractivity contribution is -0.139. The number of nitrogens with one attached hydrogen (secondary N) is 2. The number of hydrogen-bond acceptors (Lipinski definition) is 11. The lowest BCUT2D eigenvalue weighted by atomic mass is 9.80. The number of benzene rings is 5. The third kappa shape index (κ3) is 5.01. The molecule has 272 valence electrons. The number of methoxy groups -OCH3 is 3. The summed E-state index contributed by atoms with van der Waals surface area (Å²) in [6.07, 6.45) is 1.63. The normalized spacial score (nSPS) is 15.4. The molecule has 0 fully saturated rings. The van der Waals surface area contributed by atoms with Crippen LogP contribution in [0.25, 0.3) is 49.2 Å². The molecule has 1 aliphatic rings. The molecule has 1 aliphatic carbocycles. The number of hydrogen-bond donors (Lipinski definition) is 5. The fraction of sp³-hybridized carbons (Fsp3) is 0.359. The van der Waals surface area contributed by atoms with Gasteiger partial charge in [0, 0.05) is 50.2 Å². The molecule has 5 aromatic carbocycles. The highest BCUT2D eigenvalue weighted by atomic mass is 16.5. The Labute approximate surface area is 297 Å². The molecule has 5 aromatic rings. The van der Waals surface area contributed by atoms with E-state index < -0.39 is 58.4 Å². The van der Waals surface area contributed by atoms with E-state index >= 15 is 0 Å². The van der Waals surface area contributed by atoms with Gasteiger partial charge in [0.05, 0.1) is 49.4 Å². The first-order chi connectivity index (χ1) is 24.5. The van der Waals surface area contributed by atoms with Gasteiger partial charge in [-0.1, -0.05) is 39.3 Å². The zero-order chi connectivity index (χ0) is 38.2. The molecule has 5 N–H and O–H groups in total. The molecule has 0 bridgehead atoms. The Morgan fingerprint density at radius 1 is 0.712 bits per heavy atom. The largest absolute Gasteiger partial charge is 0.507 e. The maximum atomic E-state index is 14.8. The van der Waals surface area contributed by atoms with Gasteiger partial charge >= 0.3 is 11.9 Å². The summed E-state index contributed by atoms with van der Waals surface area (Å²) in [5.41, 5.74) is -0.447. The van der Waals surface area contributed by atoms with Gasteiger partial charge in [0.25, 0.3) is 0 Å². The number of fused-ring (bicyclic) bond motifs is 1. The number of phenols is 1. The number of ether oxygens (including phenoxy) is 3. The van der Waals surface area contributed by atoms with Crippen molar-refractivity contribution in [2.45, 2.75) is 59.5 Å². The van der Waals surface area contributed by atoms with Crippen LogP contribution in [-0.4, -0.2) is 66.5 Å². The van der Waals surface area contributed by atoms with Crippen LogP contribution in [0, 0.1) is 11.8 Å². The minimum absolute atomic E-state index is 0.0336. The molecule has 6 rings (SSSR count). The van der Waals surface area contributed by atoms with Crippen LogP contribution < -0.4 is 35.7 Å². The minimum atomic E-state index is -1.23. The van der Waals surface area contributed by atoms with E-state index in [-0.39, 0.29) is 67.1 Å². The molecule has 13 nitrogen and oxygen atoms in total. The molecule has 0 saturated carbocycles. The number of aliphatic carboxylic acids is 2. The summed E-state index contributed by atoms with van der Waals surface area (Å²) < 4.78 is 17.6. The van der Waals surface area contributed by atoms with E-state index in [0.717, 1.165) is 0 Å². The standard InChI is InChI=1S/C39H40N2O11/c1-13(2)32(38(46)47)40-18-11-20(50-7)26-27-21(51-8)12-19(43)25-28(27)23-17(34(35(25)44)41-33(14(3)4)39(48)49)10-15(5)22(16(6)42)31-29(23)30(26)24(18)36(45)37(31)52-9/h10-14,22,32-33,40-41,43H,1-9H3,(H,46,47)(H,48,49). The molecule has 3 atom stereocenters. The summed E-state index contributed by atoms with van der Waals surface area (Å²) in [6.45, 7) is 9.86. The predicted octanol–water partition coefficient (Wildman–Crippen LogP) is 5.76. The summed E-state index contributed by atoms with van der Waals surface area (Å²) in [6, 6.07) is 0.403. The Kier molecular flexibility index (Phi) is 8.80. The number of anilines is 2. The molecular weight excluding hydrogens is 672 g/mol. The first-order valence-electron chi connectivity index (χ1n) is 16.8. The van der Waals surface area contributed by atoms with Crippen molar-refractivity contribution in [3.05, 3.63) is 49.3 Å². The van der Waals surface area contributed by atoms with E-state index in [1.54, 1.807) is 40.7 Å². The number of aromatic hydroxyl groups is 1. The van der Waals surface area contributed by atoms with Crippen molar-refractivity contribution < 1.29 is 43.9 Å². The van der Waals surface area contributed by atoms with Gasteiger partial charge in [0.1, 0.15) is 35.1 Å². The van der Waals surface area contributed by atoms with E-state index in [1.165, 1.54) is 40.4 Å².